The summed E-state index contributed by atoms with van der Waals surface area (Å²) in [7, 11) is -5.92. The normalized spacial score (nSPS) is 11.2. The Balaban J connectivity index is 2.26. The molecule has 0 radical (unpaired) electrons. The molecule has 0 heterocycles. The maximum Gasteiger partial charge on any atom is 0.343 e. The van der Waals surface area contributed by atoms with Gasteiger partial charge in [0.1, 0.15) is 34.0 Å². The maximum absolute atomic E-state index is 14.1. The van der Waals surface area contributed by atoms with Gasteiger partial charge >= 0.3 is 11.9 Å². The molecule has 0 saturated carbocycles. The van der Waals surface area contributed by atoms with Crippen molar-refractivity contribution < 1.29 is 54.3 Å². The number of carbonyl (C=O) groups excluding carboxylic acids is 2. The Bertz CT molecular complexity index is 1250. The zero-order valence-corrected chi connectivity index (χ0v) is 20.7. The third kappa shape index (κ3) is 6.14. The van der Waals surface area contributed by atoms with Crippen molar-refractivity contribution in [3.8, 4) is 11.5 Å². The molecule has 0 N–H and O–H groups in total. The molecule has 0 atom stereocenters. The van der Waals surface area contributed by atoms with Crippen LogP contribution in [-0.4, -0.2) is 38.1 Å². The van der Waals surface area contributed by atoms with Crippen LogP contribution in [0.2, 0.25) is 0 Å². The monoisotopic (exact) mass is 633 g/mol. The number of benzene rings is 2. The molecule has 15 heteroatoms. The molecule has 2 rings (SSSR count). The van der Waals surface area contributed by atoms with Crippen molar-refractivity contribution in [1.29, 1.82) is 0 Å². The van der Waals surface area contributed by atoms with Gasteiger partial charge in [0.2, 0.25) is 17.4 Å². The van der Waals surface area contributed by atoms with E-state index in [2.05, 4.69) is 43.2 Å². The SMILES string of the molecule is C=C(C)C(=O)OCCOc1c(Br)cc(C(=O)Oc2c(F)c(F)c(S(=O)(=O)[O-])c(F)c2F)cc1Br. The summed E-state index contributed by atoms with van der Waals surface area (Å²) >= 11 is 6.17. The van der Waals surface area contributed by atoms with Gasteiger partial charge in [-0.3, -0.25) is 0 Å². The molecule has 8 nitrogen and oxygen atoms in total. The molecule has 2 aromatic rings. The predicted octanol–water partition coefficient (Wildman–Crippen LogP) is 4.39. The Morgan fingerprint density at radius 2 is 1.47 bits per heavy atom. The van der Waals surface area contributed by atoms with Crippen molar-refractivity contribution in [1.82, 2.24) is 0 Å². The van der Waals surface area contributed by atoms with E-state index < -0.39 is 56.0 Å². The molecule has 0 aliphatic carbocycles. The van der Waals surface area contributed by atoms with E-state index in [9.17, 15) is 40.1 Å². The lowest BCUT2D eigenvalue weighted by molar-refractivity contribution is -0.139. The first kappa shape index (κ1) is 27.8. The van der Waals surface area contributed by atoms with Gasteiger partial charge in [-0.2, -0.15) is 8.78 Å². The molecule has 34 heavy (non-hydrogen) atoms. The highest BCUT2D eigenvalue weighted by atomic mass is 79.9. The fraction of sp³-hybridized carbons (Fsp3) is 0.158. The van der Waals surface area contributed by atoms with Crippen LogP contribution in [0.4, 0.5) is 17.6 Å². The summed E-state index contributed by atoms with van der Waals surface area (Å²) in [6.45, 7) is 4.61. The molecule has 184 valence electrons. The molecule has 2 aromatic carbocycles. The van der Waals surface area contributed by atoms with Gasteiger partial charge in [0.15, 0.2) is 11.6 Å². The summed E-state index contributed by atoms with van der Waals surface area (Å²) in [4.78, 5) is 21.2. The first-order chi connectivity index (χ1) is 15.7. The van der Waals surface area contributed by atoms with E-state index in [1.54, 1.807) is 0 Å². The molecule has 0 bridgehead atoms. The zero-order valence-electron chi connectivity index (χ0n) is 16.7. The van der Waals surface area contributed by atoms with Gasteiger partial charge in [0.05, 0.1) is 14.5 Å². The molecule has 0 aromatic heterocycles. The van der Waals surface area contributed by atoms with Crippen LogP contribution in [0.25, 0.3) is 0 Å². The molecular weight excluding hydrogens is 624 g/mol. The second kappa shape index (κ2) is 10.8. The Morgan fingerprint density at radius 3 is 1.91 bits per heavy atom. The van der Waals surface area contributed by atoms with Gasteiger partial charge in [0, 0.05) is 5.57 Å². The number of hydrogen-bond donors (Lipinski definition) is 0. The number of halogens is 6. The Hall–Kier alpha value is -2.49. The van der Waals surface area contributed by atoms with E-state index in [0.29, 0.717) is 0 Å². The van der Waals surface area contributed by atoms with E-state index in [1.807, 2.05) is 0 Å². The van der Waals surface area contributed by atoms with Gasteiger partial charge in [-0.15, -0.1) is 0 Å². The molecular formula is C19H11Br2F4O8S-. The van der Waals surface area contributed by atoms with Crippen LogP contribution in [0.15, 0.2) is 38.1 Å². The van der Waals surface area contributed by atoms with E-state index in [1.165, 1.54) is 6.92 Å². The van der Waals surface area contributed by atoms with E-state index in [4.69, 9.17) is 9.47 Å². The average molecular weight is 635 g/mol. The van der Waals surface area contributed by atoms with Gasteiger partial charge in [-0.25, -0.2) is 26.8 Å². The van der Waals surface area contributed by atoms with Gasteiger partial charge in [0.25, 0.3) is 0 Å². The number of rotatable bonds is 8. The third-order valence-electron chi connectivity index (χ3n) is 3.77. The van der Waals surface area contributed by atoms with E-state index in [0.717, 1.165) is 12.1 Å². The van der Waals surface area contributed by atoms with Crippen molar-refractivity contribution >= 4 is 53.9 Å². The fourth-order valence-electron chi connectivity index (χ4n) is 2.27. The minimum absolute atomic E-state index is 0.107. The summed E-state index contributed by atoms with van der Waals surface area (Å²) in [5.41, 5.74) is -0.206. The van der Waals surface area contributed by atoms with Gasteiger partial charge in [-0.05, 0) is 50.9 Å². The van der Waals surface area contributed by atoms with Gasteiger partial charge in [-0.1, -0.05) is 6.58 Å². The Kier molecular flexibility index (Phi) is 8.85. The minimum atomic E-state index is -5.92. The lowest BCUT2D eigenvalue weighted by atomic mass is 10.2. The summed E-state index contributed by atoms with van der Waals surface area (Å²) in [6.07, 6.45) is 0. The summed E-state index contributed by atoms with van der Waals surface area (Å²) in [6, 6.07) is 2.14. The van der Waals surface area contributed by atoms with Crippen LogP contribution in [-0.2, 0) is 19.6 Å². The first-order valence-corrected chi connectivity index (χ1v) is 11.6. The predicted molar refractivity (Wildman–Crippen MR) is 112 cm³/mol. The van der Waals surface area contributed by atoms with Crippen LogP contribution >= 0.6 is 31.9 Å². The largest absolute Gasteiger partial charge is 0.744 e. The van der Waals surface area contributed by atoms with Gasteiger partial charge < -0.3 is 18.8 Å². The summed E-state index contributed by atoms with van der Waals surface area (Å²) in [5, 5.41) is 0. The van der Waals surface area contributed by atoms with Crippen molar-refractivity contribution in [2.75, 3.05) is 13.2 Å². The lowest BCUT2D eigenvalue weighted by Gasteiger charge is -2.15. The standard InChI is InChI=1S/C19H12Br2F4O8S/c1-7(2)18(26)32-4-3-31-15-9(20)5-8(6-10(15)21)19(27)33-16-11(22)13(24)17(34(28,29)30)14(25)12(16)23/h5-6H,1,3-4H2,2H3,(H,28,29,30)/p-1. The average Bonchev–Trinajstić information content (AvgIpc) is 2.72. The molecule has 0 spiro atoms. The van der Waals surface area contributed by atoms with Crippen LogP contribution in [0, 0.1) is 23.3 Å². The molecule has 0 amide bonds. The van der Waals surface area contributed by atoms with Crippen LogP contribution in [0.3, 0.4) is 0 Å². The number of esters is 2. The van der Waals surface area contributed by atoms with Crippen molar-refractivity contribution in [3.63, 3.8) is 0 Å². The minimum Gasteiger partial charge on any atom is -0.744 e. The lowest BCUT2D eigenvalue weighted by Crippen LogP contribution is -2.16. The molecule has 0 saturated heterocycles. The zero-order chi connectivity index (χ0) is 26.0. The fourth-order valence-corrected chi connectivity index (χ4v) is 4.30. The maximum atomic E-state index is 14.1. The summed E-state index contributed by atoms with van der Waals surface area (Å²) in [5.74, 6) is -13.8. The topological polar surface area (TPSA) is 119 Å². The highest BCUT2D eigenvalue weighted by molar-refractivity contribution is 9.11. The van der Waals surface area contributed by atoms with E-state index >= 15 is 0 Å². The van der Waals surface area contributed by atoms with Crippen LogP contribution < -0.4 is 9.47 Å². The van der Waals surface area contributed by atoms with Crippen molar-refractivity contribution in [2.45, 2.75) is 11.8 Å². The smallest absolute Gasteiger partial charge is 0.343 e. The third-order valence-corrected chi connectivity index (χ3v) is 5.81. The second-order valence-electron chi connectivity index (χ2n) is 6.29. The highest BCUT2D eigenvalue weighted by Crippen LogP contribution is 2.36. The number of hydrogen-bond acceptors (Lipinski definition) is 8. The Labute approximate surface area is 206 Å². The number of carbonyl (C=O) groups is 2. The first-order valence-electron chi connectivity index (χ1n) is 8.65. The molecule has 0 aliphatic rings. The van der Waals surface area contributed by atoms with Crippen molar-refractivity contribution in [3.05, 3.63) is 62.1 Å². The second-order valence-corrected chi connectivity index (χ2v) is 9.32. The molecule has 0 unspecified atom stereocenters. The van der Waals surface area contributed by atoms with Crippen LogP contribution in [0.1, 0.15) is 17.3 Å². The quantitative estimate of drug-likeness (QED) is 0.0798. The van der Waals surface area contributed by atoms with Crippen molar-refractivity contribution in [2.24, 2.45) is 0 Å². The Morgan fingerprint density at radius 1 is 0.971 bits per heavy atom. The highest BCUT2D eigenvalue weighted by Gasteiger charge is 2.31. The van der Waals surface area contributed by atoms with E-state index in [-0.39, 0.29) is 39.0 Å². The van der Waals surface area contributed by atoms with Crippen LogP contribution in [0.5, 0.6) is 11.5 Å². The number of ether oxygens (including phenoxy) is 3. The summed E-state index contributed by atoms with van der Waals surface area (Å²) < 4.78 is 103. The molecule has 0 fully saturated rings. The molecule has 0 aliphatic heterocycles.